The second-order valence-corrected chi connectivity index (χ2v) is 7.77. The van der Waals surface area contributed by atoms with Gasteiger partial charge in [0, 0.05) is 23.0 Å². The number of ether oxygens (including phenoxy) is 1. The Kier molecular flexibility index (Phi) is 6.54. The Morgan fingerprint density at radius 1 is 1.32 bits per heavy atom. The van der Waals surface area contributed by atoms with Gasteiger partial charge in [0.2, 0.25) is 0 Å². The Labute approximate surface area is 159 Å². The second kappa shape index (κ2) is 8.86. The van der Waals surface area contributed by atoms with Crippen LogP contribution in [-0.2, 0) is 10.2 Å². The molecule has 0 bridgehead atoms. The summed E-state index contributed by atoms with van der Waals surface area (Å²) in [6.45, 7) is 6.37. The summed E-state index contributed by atoms with van der Waals surface area (Å²) in [7, 11) is 0. The summed E-state index contributed by atoms with van der Waals surface area (Å²) < 4.78 is 6.51. The normalized spacial score (nSPS) is 19.3. The highest BCUT2D eigenvalue weighted by atomic mass is 79.9. The van der Waals surface area contributed by atoms with Gasteiger partial charge in [-0.2, -0.15) is 0 Å². The van der Waals surface area contributed by atoms with Gasteiger partial charge >= 0.3 is 0 Å². The number of nitrogens with zero attached hydrogens (tertiary/aromatic N) is 1. The van der Waals surface area contributed by atoms with Crippen LogP contribution in [0.25, 0.3) is 0 Å². The molecule has 4 nitrogen and oxygen atoms in total. The van der Waals surface area contributed by atoms with E-state index in [1.807, 2.05) is 0 Å². The predicted molar refractivity (Wildman–Crippen MR) is 107 cm³/mol. The zero-order chi connectivity index (χ0) is 17.5. The fourth-order valence-corrected chi connectivity index (χ4v) is 3.61. The molecular formula is C20H28BrN3O. The van der Waals surface area contributed by atoms with E-state index in [0.29, 0.717) is 0 Å². The van der Waals surface area contributed by atoms with Gasteiger partial charge in [-0.05, 0) is 50.3 Å². The first kappa shape index (κ1) is 18.5. The Bertz CT molecular complexity index is 638. The van der Waals surface area contributed by atoms with Crippen molar-refractivity contribution >= 4 is 21.9 Å². The van der Waals surface area contributed by atoms with Crippen molar-refractivity contribution in [2.45, 2.75) is 38.0 Å². The SMILES string of the molecule is CCNC(=NCC1(c2cccc(Br)c2)CC1)NCCC1=CCOCC1. The fraction of sp³-hybridized carbons (Fsp3) is 0.550. The maximum Gasteiger partial charge on any atom is 0.191 e. The first-order chi connectivity index (χ1) is 12.2. The van der Waals surface area contributed by atoms with Crippen LogP contribution in [0.2, 0.25) is 0 Å². The first-order valence-electron chi connectivity index (χ1n) is 9.26. The molecule has 1 aliphatic carbocycles. The minimum Gasteiger partial charge on any atom is -0.377 e. The van der Waals surface area contributed by atoms with Crippen LogP contribution in [0.15, 0.2) is 45.4 Å². The van der Waals surface area contributed by atoms with Crippen molar-refractivity contribution in [3.05, 3.63) is 46.0 Å². The van der Waals surface area contributed by atoms with Crippen LogP contribution in [0.5, 0.6) is 0 Å². The minimum atomic E-state index is 0.232. The zero-order valence-corrected chi connectivity index (χ0v) is 16.6. The molecule has 136 valence electrons. The van der Waals surface area contributed by atoms with E-state index in [4.69, 9.17) is 9.73 Å². The number of hydrogen-bond donors (Lipinski definition) is 2. The molecule has 25 heavy (non-hydrogen) atoms. The minimum absolute atomic E-state index is 0.232. The van der Waals surface area contributed by atoms with Gasteiger partial charge in [0.15, 0.2) is 5.96 Å². The lowest BCUT2D eigenvalue weighted by atomic mass is 9.96. The maximum atomic E-state index is 5.36. The van der Waals surface area contributed by atoms with E-state index in [2.05, 4.69) is 63.8 Å². The molecule has 0 spiro atoms. The summed E-state index contributed by atoms with van der Waals surface area (Å²) in [5.41, 5.74) is 3.12. The van der Waals surface area contributed by atoms with Gasteiger partial charge < -0.3 is 15.4 Å². The predicted octanol–water partition coefficient (Wildman–Crippen LogP) is 3.77. The van der Waals surface area contributed by atoms with E-state index >= 15 is 0 Å². The molecule has 3 rings (SSSR count). The number of aliphatic imine (C=N–C) groups is 1. The van der Waals surface area contributed by atoms with Crippen LogP contribution in [0.4, 0.5) is 0 Å². The average Bonchev–Trinajstić information content (AvgIpc) is 3.42. The molecule has 2 aliphatic rings. The quantitative estimate of drug-likeness (QED) is 0.412. The molecule has 0 unspecified atom stereocenters. The molecule has 1 aromatic rings. The molecule has 1 saturated carbocycles. The van der Waals surface area contributed by atoms with Gasteiger partial charge in [-0.25, -0.2) is 0 Å². The molecule has 0 radical (unpaired) electrons. The summed E-state index contributed by atoms with van der Waals surface area (Å²) in [6.07, 6.45) is 6.77. The van der Waals surface area contributed by atoms with Gasteiger partial charge in [0.25, 0.3) is 0 Å². The van der Waals surface area contributed by atoms with Crippen LogP contribution >= 0.6 is 15.9 Å². The molecule has 1 heterocycles. The molecule has 0 aromatic heterocycles. The van der Waals surface area contributed by atoms with E-state index in [1.165, 1.54) is 24.0 Å². The summed E-state index contributed by atoms with van der Waals surface area (Å²) in [4.78, 5) is 4.87. The van der Waals surface area contributed by atoms with Crippen molar-refractivity contribution < 1.29 is 4.74 Å². The highest BCUT2D eigenvalue weighted by Crippen LogP contribution is 2.48. The molecule has 1 aromatic carbocycles. The number of hydrogen-bond acceptors (Lipinski definition) is 2. The standard InChI is InChI=1S/C20H28BrN3O/c1-2-22-19(23-11-6-16-7-12-25-13-8-16)24-15-20(9-10-20)17-4-3-5-18(21)14-17/h3-5,7,14H,2,6,8-13,15H2,1H3,(H2,22,23,24). The average molecular weight is 406 g/mol. The van der Waals surface area contributed by atoms with Crippen LogP contribution in [0.3, 0.4) is 0 Å². The van der Waals surface area contributed by atoms with Gasteiger partial charge in [-0.3, -0.25) is 4.99 Å². The van der Waals surface area contributed by atoms with Crippen molar-refractivity contribution in [1.29, 1.82) is 0 Å². The Morgan fingerprint density at radius 2 is 2.20 bits per heavy atom. The first-order valence-corrected chi connectivity index (χ1v) is 10.0. The van der Waals surface area contributed by atoms with Gasteiger partial charge in [0.1, 0.15) is 0 Å². The zero-order valence-electron chi connectivity index (χ0n) is 15.0. The Morgan fingerprint density at radius 3 is 2.88 bits per heavy atom. The summed E-state index contributed by atoms with van der Waals surface area (Å²) in [5.74, 6) is 0.927. The van der Waals surface area contributed by atoms with Crippen LogP contribution in [-0.4, -0.2) is 38.8 Å². The van der Waals surface area contributed by atoms with Crippen molar-refractivity contribution in [2.24, 2.45) is 4.99 Å². The van der Waals surface area contributed by atoms with Crippen LogP contribution in [0.1, 0.15) is 38.2 Å². The lowest BCUT2D eigenvalue weighted by Crippen LogP contribution is -2.38. The number of nitrogens with one attached hydrogen (secondary N) is 2. The summed E-state index contributed by atoms with van der Waals surface area (Å²) in [5, 5.41) is 6.85. The molecule has 5 heteroatoms. The third-order valence-corrected chi connectivity index (χ3v) is 5.46. The Balaban J connectivity index is 1.55. The molecule has 2 N–H and O–H groups in total. The van der Waals surface area contributed by atoms with Gasteiger partial charge in [-0.15, -0.1) is 0 Å². The van der Waals surface area contributed by atoms with Crippen LogP contribution in [0, 0.1) is 0 Å². The third kappa shape index (κ3) is 5.32. The molecule has 0 saturated heterocycles. The topological polar surface area (TPSA) is 45.7 Å². The molecule has 1 fully saturated rings. The maximum absolute atomic E-state index is 5.36. The second-order valence-electron chi connectivity index (χ2n) is 6.85. The van der Waals surface area contributed by atoms with Crippen molar-refractivity contribution in [2.75, 3.05) is 32.8 Å². The number of benzene rings is 1. The summed E-state index contributed by atoms with van der Waals surface area (Å²) >= 11 is 3.58. The number of guanidine groups is 1. The van der Waals surface area contributed by atoms with E-state index in [1.54, 1.807) is 0 Å². The monoisotopic (exact) mass is 405 g/mol. The molecule has 0 atom stereocenters. The van der Waals surface area contributed by atoms with Crippen molar-refractivity contribution in [1.82, 2.24) is 10.6 Å². The lowest BCUT2D eigenvalue weighted by molar-refractivity contribution is 0.153. The van der Waals surface area contributed by atoms with Crippen LogP contribution < -0.4 is 10.6 Å². The van der Waals surface area contributed by atoms with E-state index in [9.17, 15) is 0 Å². The summed E-state index contributed by atoms with van der Waals surface area (Å²) in [6, 6.07) is 8.67. The van der Waals surface area contributed by atoms with Crippen molar-refractivity contribution in [3.63, 3.8) is 0 Å². The van der Waals surface area contributed by atoms with E-state index < -0.39 is 0 Å². The van der Waals surface area contributed by atoms with Gasteiger partial charge in [0.05, 0.1) is 19.8 Å². The molecule has 0 amide bonds. The van der Waals surface area contributed by atoms with E-state index in [0.717, 1.165) is 56.1 Å². The fourth-order valence-electron chi connectivity index (χ4n) is 3.21. The molecular weight excluding hydrogens is 378 g/mol. The largest absolute Gasteiger partial charge is 0.377 e. The van der Waals surface area contributed by atoms with Crippen molar-refractivity contribution in [3.8, 4) is 0 Å². The number of halogens is 1. The highest BCUT2D eigenvalue weighted by Gasteiger charge is 2.44. The molecule has 1 aliphatic heterocycles. The smallest absolute Gasteiger partial charge is 0.191 e. The lowest BCUT2D eigenvalue weighted by Gasteiger charge is -2.17. The van der Waals surface area contributed by atoms with E-state index in [-0.39, 0.29) is 5.41 Å². The van der Waals surface area contributed by atoms with Gasteiger partial charge in [-0.1, -0.05) is 39.7 Å². The number of rotatable bonds is 7. The Hall–Kier alpha value is -1.33. The highest BCUT2D eigenvalue weighted by molar-refractivity contribution is 9.10. The third-order valence-electron chi connectivity index (χ3n) is 4.97.